The van der Waals surface area contributed by atoms with Crippen LogP contribution in [0.25, 0.3) is 0 Å². The number of nitrogens with zero attached hydrogens (tertiary/aromatic N) is 3. The lowest BCUT2D eigenvalue weighted by Crippen LogP contribution is -2.34. The smallest absolute Gasteiger partial charge is 0.274 e. The van der Waals surface area contributed by atoms with Crippen molar-refractivity contribution in [3.63, 3.8) is 0 Å². The number of benzene rings is 1. The molecular formula is C19H22N4O4. The van der Waals surface area contributed by atoms with E-state index in [1.165, 1.54) is 19.2 Å². The third-order valence-electron chi connectivity index (χ3n) is 4.40. The predicted molar refractivity (Wildman–Crippen MR) is 100.0 cm³/mol. The van der Waals surface area contributed by atoms with Crippen LogP contribution in [0.1, 0.15) is 28.9 Å². The van der Waals surface area contributed by atoms with Crippen LogP contribution in [0.15, 0.2) is 35.1 Å². The molecule has 2 heterocycles. The topological polar surface area (TPSA) is 93.5 Å². The van der Waals surface area contributed by atoms with Gasteiger partial charge in [0.15, 0.2) is 0 Å². The van der Waals surface area contributed by atoms with Crippen LogP contribution in [0.4, 0.5) is 5.69 Å². The second-order valence-electron chi connectivity index (χ2n) is 6.47. The number of ether oxygens (including phenoxy) is 1. The summed E-state index contributed by atoms with van der Waals surface area (Å²) in [5, 5.41) is 6.80. The van der Waals surface area contributed by atoms with Crippen LogP contribution in [-0.4, -0.2) is 46.7 Å². The van der Waals surface area contributed by atoms with E-state index in [2.05, 4.69) is 10.4 Å². The number of aryl methyl sites for hydroxylation is 1. The van der Waals surface area contributed by atoms with Crippen LogP contribution < -0.4 is 15.6 Å². The largest absolute Gasteiger partial charge is 0.495 e. The number of carbonyl (C=O) groups excluding carboxylic acids is 2. The number of amides is 2. The summed E-state index contributed by atoms with van der Waals surface area (Å²) in [6.45, 7) is 2.98. The average Bonchev–Trinajstić information content (AvgIpc) is 3.18. The number of aromatic nitrogens is 2. The molecule has 1 saturated heterocycles. The molecule has 2 aromatic rings. The maximum atomic E-state index is 12.4. The number of hydrogen-bond acceptors (Lipinski definition) is 5. The van der Waals surface area contributed by atoms with Crippen molar-refractivity contribution in [1.82, 2.24) is 14.7 Å². The third-order valence-corrected chi connectivity index (χ3v) is 4.40. The van der Waals surface area contributed by atoms with Gasteiger partial charge in [-0.2, -0.15) is 5.10 Å². The van der Waals surface area contributed by atoms with Gasteiger partial charge in [0.2, 0.25) is 5.91 Å². The van der Waals surface area contributed by atoms with Gasteiger partial charge >= 0.3 is 0 Å². The molecule has 0 radical (unpaired) electrons. The van der Waals surface area contributed by atoms with Crippen molar-refractivity contribution in [2.45, 2.75) is 26.3 Å². The number of methoxy groups -OCH3 is 1. The number of rotatable bonds is 5. The molecule has 0 bridgehead atoms. The monoisotopic (exact) mass is 370 g/mol. The summed E-state index contributed by atoms with van der Waals surface area (Å²) in [5.74, 6) is -0.131. The van der Waals surface area contributed by atoms with Crippen LogP contribution in [0.3, 0.4) is 0 Å². The van der Waals surface area contributed by atoms with Gasteiger partial charge in [0.25, 0.3) is 11.5 Å². The standard InChI is InChI=1S/C19H22N4O4/c1-13-5-7-16(27-2)15(11-13)20-17(24)12-23-18(25)8-6-14(21-23)19(26)22-9-3-4-10-22/h5-8,11H,3-4,9-10,12H2,1-2H3,(H,20,24). The second kappa shape index (κ2) is 8.03. The highest BCUT2D eigenvalue weighted by Crippen LogP contribution is 2.25. The van der Waals surface area contributed by atoms with E-state index in [0.29, 0.717) is 24.5 Å². The van der Waals surface area contributed by atoms with Crippen LogP contribution in [0.5, 0.6) is 5.75 Å². The van der Waals surface area contributed by atoms with Crippen LogP contribution in [0, 0.1) is 6.92 Å². The van der Waals surface area contributed by atoms with Crippen LogP contribution in [0.2, 0.25) is 0 Å². The molecule has 27 heavy (non-hydrogen) atoms. The molecule has 1 aromatic carbocycles. The quantitative estimate of drug-likeness (QED) is 0.859. The maximum Gasteiger partial charge on any atom is 0.274 e. The molecule has 8 nitrogen and oxygen atoms in total. The minimum Gasteiger partial charge on any atom is -0.495 e. The molecule has 1 fully saturated rings. The summed E-state index contributed by atoms with van der Waals surface area (Å²) in [7, 11) is 1.51. The Labute approximate surface area is 156 Å². The van der Waals surface area contributed by atoms with Gasteiger partial charge in [0.1, 0.15) is 18.0 Å². The summed E-state index contributed by atoms with van der Waals surface area (Å²) < 4.78 is 6.23. The van der Waals surface area contributed by atoms with Crippen LogP contribution in [-0.2, 0) is 11.3 Å². The van der Waals surface area contributed by atoms with E-state index in [4.69, 9.17) is 4.74 Å². The van der Waals surface area contributed by atoms with Gasteiger partial charge < -0.3 is 15.0 Å². The van der Waals surface area contributed by atoms with Crippen molar-refractivity contribution in [2.75, 3.05) is 25.5 Å². The molecular weight excluding hydrogens is 348 g/mol. The van der Waals surface area contributed by atoms with E-state index in [1.54, 1.807) is 17.0 Å². The fourth-order valence-corrected chi connectivity index (χ4v) is 3.00. The van der Waals surface area contributed by atoms with E-state index in [9.17, 15) is 14.4 Å². The van der Waals surface area contributed by atoms with E-state index >= 15 is 0 Å². The Hall–Kier alpha value is -3.16. The number of hydrogen-bond donors (Lipinski definition) is 1. The van der Waals surface area contributed by atoms with Crippen molar-refractivity contribution < 1.29 is 14.3 Å². The first-order valence-electron chi connectivity index (χ1n) is 8.80. The number of nitrogens with one attached hydrogen (secondary N) is 1. The Balaban J connectivity index is 1.76. The van der Waals surface area contributed by atoms with Crippen molar-refractivity contribution in [3.8, 4) is 5.75 Å². The fourth-order valence-electron chi connectivity index (χ4n) is 3.00. The van der Waals surface area contributed by atoms with Gasteiger partial charge in [0, 0.05) is 19.2 Å². The van der Waals surface area contributed by atoms with Crippen molar-refractivity contribution in [3.05, 3.63) is 51.9 Å². The average molecular weight is 370 g/mol. The van der Waals surface area contributed by atoms with Crippen LogP contribution >= 0.6 is 0 Å². The SMILES string of the molecule is COc1ccc(C)cc1NC(=O)Cn1nc(C(=O)N2CCCC2)ccc1=O. The van der Waals surface area contributed by atoms with Gasteiger partial charge in [-0.25, -0.2) is 4.68 Å². The first kappa shape index (κ1) is 18.6. The van der Waals surface area contributed by atoms with Crippen molar-refractivity contribution >= 4 is 17.5 Å². The number of carbonyl (C=O) groups is 2. The summed E-state index contributed by atoms with van der Waals surface area (Å²) in [4.78, 5) is 38.6. The molecule has 1 aliphatic rings. The zero-order chi connectivity index (χ0) is 19.4. The summed E-state index contributed by atoms with van der Waals surface area (Å²) in [6, 6.07) is 8.07. The molecule has 1 aliphatic heterocycles. The number of anilines is 1. The van der Waals surface area contributed by atoms with Crippen molar-refractivity contribution in [1.29, 1.82) is 0 Å². The number of likely N-dealkylation sites (tertiary alicyclic amines) is 1. The first-order chi connectivity index (χ1) is 13.0. The normalized spacial score (nSPS) is 13.5. The molecule has 1 N–H and O–H groups in total. The second-order valence-corrected chi connectivity index (χ2v) is 6.47. The van der Waals surface area contributed by atoms with Gasteiger partial charge in [-0.05, 0) is 43.5 Å². The molecule has 0 saturated carbocycles. The van der Waals surface area contributed by atoms with Gasteiger partial charge in [-0.15, -0.1) is 0 Å². The lowest BCUT2D eigenvalue weighted by molar-refractivity contribution is -0.117. The van der Waals surface area contributed by atoms with Gasteiger partial charge in [0.05, 0.1) is 12.8 Å². The van der Waals surface area contributed by atoms with E-state index in [1.807, 2.05) is 13.0 Å². The maximum absolute atomic E-state index is 12.4. The lowest BCUT2D eigenvalue weighted by Gasteiger charge is -2.15. The Morgan fingerprint density at radius 1 is 1.19 bits per heavy atom. The Bertz CT molecular complexity index is 916. The van der Waals surface area contributed by atoms with E-state index in [0.717, 1.165) is 23.1 Å². The third kappa shape index (κ3) is 4.33. The van der Waals surface area contributed by atoms with E-state index < -0.39 is 11.5 Å². The Morgan fingerprint density at radius 2 is 1.93 bits per heavy atom. The molecule has 3 rings (SSSR count). The first-order valence-corrected chi connectivity index (χ1v) is 8.80. The molecule has 0 atom stereocenters. The van der Waals surface area contributed by atoms with Gasteiger partial charge in [-0.3, -0.25) is 14.4 Å². The summed E-state index contributed by atoms with van der Waals surface area (Å²) >= 11 is 0. The summed E-state index contributed by atoms with van der Waals surface area (Å²) in [5.41, 5.74) is 1.19. The summed E-state index contributed by atoms with van der Waals surface area (Å²) in [6.07, 6.45) is 1.93. The Morgan fingerprint density at radius 3 is 2.63 bits per heavy atom. The zero-order valence-corrected chi connectivity index (χ0v) is 15.4. The van der Waals surface area contributed by atoms with E-state index in [-0.39, 0.29) is 18.1 Å². The van der Waals surface area contributed by atoms with Gasteiger partial charge in [-0.1, -0.05) is 6.07 Å². The molecule has 142 valence electrons. The zero-order valence-electron chi connectivity index (χ0n) is 15.4. The lowest BCUT2D eigenvalue weighted by atomic mass is 10.2. The Kier molecular flexibility index (Phi) is 5.54. The minimum absolute atomic E-state index is 0.164. The minimum atomic E-state index is -0.445. The molecule has 8 heteroatoms. The highest BCUT2D eigenvalue weighted by Gasteiger charge is 2.21. The molecule has 0 aliphatic carbocycles. The fraction of sp³-hybridized carbons (Fsp3) is 0.368. The predicted octanol–water partition coefficient (Wildman–Crippen LogP) is 1.44. The molecule has 0 unspecified atom stereocenters. The highest BCUT2D eigenvalue weighted by atomic mass is 16.5. The molecule has 2 amide bonds. The molecule has 1 aromatic heterocycles. The molecule has 0 spiro atoms. The highest BCUT2D eigenvalue weighted by molar-refractivity contribution is 5.93. The van der Waals surface area contributed by atoms with Crippen molar-refractivity contribution in [2.24, 2.45) is 0 Å².